The molecular formula is C8H13N3O4S. The van der Waals surface area contributed by atoms with Crippen LogP contribution in [0, 0.1) is 0 Å². The summed E-state index contributed by atoms with van der Waals surface area (Å²) in [5.41, 5.74) is 0. The van der Waals surface area contributed by atoms with E-state index in [1.807, 2.05) is 0 Å². The minimum atomic E-state index is -3.09. The average Bonchev–Trinajstić information content (AvgIpc) is 2.75. The first kappa shape index (κ1) is 11.5. The first-order chi connectivity index (χ1) is 7.57. The lowest BCUT2D eigenvalue weighted by atomic mass is 10.2. The molecule has 0 saturated carbocycles. The molecule has 0 radical (unpaired) electrons. The van der Waals surface area contributed by atoms with Gasteiger partial charge in [-0.15, -0.1) is 0 Å². The van der Waals surface area contributed by atoms with Gasteiger partial charge in [-0.2, -0.15) is 4.98 Å². The van der Waals surface area contributed by atoms with Gasteiger partial charge >= 0.3 is 0 Å². The van der Waals surface area contributed by atoms with Crippen molar-refractivity contribution in [3.05, 3.63) is 12.2 Å². The number of hydrogen-bond acceptors (Lipinski definition) is 7. The normalized spacial score (nSPS) is 28.3. The summed E-state index contributed by atoms with van der Waals surface area (Å²) in [5, 5.41) is 15.9. The summed E-state index contributed by atoms with van der Waals surface area (Å²) in [5.74, 6) is 0.311. The lowest BCUT2D eigenvalue weighted by molar-refractivity contribution is 0.166. The lowest BCUT2D eigenvalue weighted by Gasteiger charge is -2.13. The van der Waals surface area contributed by atoms with E-state index in [9.17, 15) is 13.5 Å². The quantitative estimate of drug-likeness (QED) is 0.657. The van der Waals surface area contributed by atoms with Gasteiger partial charge in [-0.3, -0.25) is 0 Å². The highest BCUT2D eigenvalue weighted by Gasteiger charge is 2.35. The smallest absolute Gasteiger partial charge is 0.227 e. The Labute approximate surface area is 92.8 Å². The number of aromatic nitrogens is 2. The third kappa shape index (κ3) is 2.77. The molecule has 2 N–H and O–H groups in total. The van der Waals surface area contributed by atoms with Crippen LogP contribution in [-0.4, -0.2) is 53.9 Å². The zero-order valence-corrected chi connectivity index (χ0v) is 9.35. The molecule has 2 atom stereocenters. The number of sulfone groups is 1. The second kappa shape index (κ2) is 4.48. The monoisotopic (exact) mass is 247 g/mol. The topological polar surface area (TPSA) is 105 Å². The van der Waals surface area contributed by atoms with E-state index in [2.05, 4.69) is 15.5 Å². The molecule has 0 aromatic carbocycles. The van der Waals surface area contributed by atoms with E-state index < -0.39 is 22.0 Å². The fourth-order valence-electron chi connectivity index (χ4n) is 1.69. The van der Waals surface area contributed by atoms with Gasteiger partial charge in [-0.05, 0) is 0 Å². The van der Waals surface area contributed by atoms with Crippen LogP contribution in [0.2, 0.25) is 0 Å². The van der Waals surface area contributed by atoms with Gasteiger partial charge in [-0.1, -0.05) is 5.16 Å². The van der Waals surface area contributed by atoms with E-state index in [1.165, 1.54) is 6.33 Å². The van der Waals surface area contributed by atoms with Crippen molar-refractivity contribution >= 4 is 9.84 Å². The van der Waals surface area contributed by atoms with Crippen LogP contribution in [0.3, 0.4) is 0 Å². The van der Waals surface area contributed by atoms with Gasteiger partial charge in [-0.25, -0.2) is 8.42 Å². The maximum absolute atomic E-state index is 11.2. The predicted octanol–water partition coefficient (Wildman–Crippen LogP) is -1.64. The van der Waals surface area contributed by atoms with Crippen LogP contribution in [0.1, 0.15) is 5.89 Å². The van der Waals surface area contributed by atoms with E-state index in [0.29, 0.717) is 18.9 Å². The van der Waals surface area contributed by atoms with E-state index in [1.54, 1.807) is 0 Å². The summed E-state index contributed by atoms with van der Waals surface area (Å²) in [6.07, 6.45) is 1.00. The average molecular weight is 247 g/mol. The molecule has 1 fully saturated rings. The molecule has 0 amide bonds. The summed E-state index contributed by atoms with van der Waals surface area (Å²) in [6.45, 7) is 0.499. The lowest BCUT2D eigenvalue weighted by Crippen LogP contribution is -2.39. The minimum Gasteiger partial charge on any atom is -0.390 e. The number of hydrogen-bond donors (Lipinski definition) is 2. The van der Waals surface area contributed by atoms with Gasteiger partial charge in [0.15, 0.2) is 16.2 Å². The Bertz CT molecular complexity index is 430. The summed E-state index contributed by atoms with van der Waals surface area (Å²) in [4.78, 5) is 3.83. The molecular weight excluding hydrogens is 234 g/mol. The van der Waals surface area contributed by atoms with Crippen LogP contribution >= 0.6 is 0 Å². The Morgan fingerprint density at radius 3 is 2.94 bits per heavy atom. The van der Waals surface area contributed by atoms with Crippen LogP contribution in [0.5, 0.6) is 0 Å². The van der Waals surface area contributed by atoms with Crippen molar-refractivity contribution < 1.29 is 18.0 Å². The van der Waals surface area contributed by atoms with Crippen molar-refractivity contribution in [1.82, 2.24) is 15.5 Å². The molecule has 1 aromatic rings. The largest absolute Gasteiger partial charge is 0.390 e. The Balaban J connectivity index is 1.79. The Morgan fingerprint density at radius 1 is 1.56 bits per heavy atom. The molecule has 0 aliphatic carbocycles. The number of aliphatic hydroxyl groups excluding tert-OH is 1. The SMILES string of the molecule is O=S1(=O)CC(O)C(NCCc2ncno2)C1. The van der Waals surface area contributed by atoms with Crippen molar-refractivity contribution in [2.45, 2.75) is 18.6 Å². The van der Waals surface area contributed by atoms with Crippen LogP contribution in [-0.2, 0) is 16.3 Å². The number of rotatable bonds is 4. The van der Waals surface area contributed by atoms with Crippen molar-refractivity contribution in [3.63, 3.8) is 0 Å². The van der Waals surface area contributed by atoms with Gasteiger partial charge in [0.1, 0.15) is 0 Å². The van der Waals surface area contributed by atoms with Gasteiger partial charge in [0, 0.05) is 19.0 Å². The van der Waals surface area contributed by atoms with Crippen LogP contribution < -0.4 is 5.32 Å². The van der Waals surface area contributed by atoms with E-state index in [4.69, 9.17) is 4.52 Å². The third-order valence-corrected chi connectivity index (χ3v) is 4.19. The highest BCUT2D eigenvalue weighted by Crippen LogP contribution is 2.12. The molecule has 2 unspecified atom stereocenters. The summed E-state index contributed by atoms with van der Waals surface area (Å²) < 4.78 is 27.2. The summed E-state index contributed by atoms with van der Waals surface area (Å²) in [6, 6.07) is -0.395. The van der Waals surface area contributed by atoms with Crippen LogP contribution in [0.4, 0.5) is 0 Å². The molecule has 7 nitrogen and oxygen atoms in total. The maximum Gasteiger partial charge on any atom is 0.227 e. The zero-order valence-electron chi connectivity index (χ0n) is 8.54. The standard InChI is InChI=1S/C8H13N3O4S/c12-7-4-16(13,14)3-6(7)9-2-1-8-10-5-11-15-8/h5-7,9,12H,1-4H2. The zero-order chi connectivity index (χ0) is 11.6. The first-order valence-corrected chi connectivity index (χ1v) is 6.76. The molecule has 2 heterocycles. The second-order valence-corrected chi connectivity index (χ2v) is 5.94. The Morgan fingerprint density at radius 2 is 2.38 bits per heavy atom. The van der Waals surface area contributed by atoms with E-state index in [0.717, 1.165) is 0 Å². The van der Waals surface area contributed by atoms with Gasteiger partial charge < -0.3 is 14.9 Å². The molecule has 1 saturated heterocycles. The van der Waals surface area contributed by atoms with Crippen LogP contribution in [0.15, 0.2) is 10.9 Å². The highest BCUT2D eigenvalue weighted by atomic mass is 32.2. The maximum atomic E-state index is 11.2. The van der Waals surface area contributed by atoms with Crippen molar-refractivity contribution in [3.8, 4) is 0 Å². The third-order valence-electron chi connectivity index (χ3n) is 2.47. The Hall–Kier alpha value is -0.990. The van der Waals surface area contributed by atoms with E-state index >= 15 is 0 Å². The fraction of sp³-hybridized carbons (Fsp3) is 0.750. The fourth-order valence-corrected chi connectivity index (χ4v) is 3.47. The molecule has 1 aliphatic heterocycles. The molecule has 0 spiro atoms. The molecule has 1 aliphatic rings. The van der Waals surface area contributed by atoms with Crippen LogP contribution in [0.25, 0.3) is 0 Å². The van der Waals surface area contributed by atoms with Crippen molar-refractivity contribution in [2.75, 3.05) is 18.1 Å². The summed E-state index contributed by atoms with van der Waals surface area (Å²) in [7, 11) is -3.09. The molecule has 16 heavy (non-hydrogen) atoms. The number of aliphatic hydroxyl groups is 1. The van der Waals surface area contributed by atoms with Crippen molar-refractivity contribution in [1.29, 1.82) is 0 Å². The van der Waals surface area contributed by atoms with Gasteiger partial charge in [0.05, 0.1) is 17.6 Å². The van der Waals surface area contributed by atoms with Gasteiger partial charge in [0.25, 0.3) is 0 Å². The molecule has 2 rings (SSSR count). The highest BCUT2D eigenvalue weighted by molar-refractivity contribution is 7.91. The predicted molar refractivity (Wildman–Crippen MR) is 54.5 cm³/mol. The number of nitrogens with zero attached hydrogens (tertiary/aromatic N) is 2. The molecule has 0 bridgehead atoms. The number of nitrogens with one attached hydrogen (secondary N) is 1. The summed E-state index contributed by atoms with van der Waals surface area (Å²) >= 11 is 0. The second-order valence-electron chi connectivity index (χ2n) is 3.79. The van der Waals surface area contributed by atoms with E-state index in [-0.39, 0.29) is 11.5 Å². The minimum absolute atomic E-state index is 0.0159. The molecule has 8 heteroatoms. The van der Waals surface area contributed by atoms with Crippen molar-refractivity contribution in [2.24, 2.45) is 0 Å². The Kier molecular flexibility index (Phi) is 3.22. The van der Waals surface area contributed by atoms with Gasteiger partial charge in [0.2, 0.25) is 5.89 Å². The molecule has 1 aromatic heterocycles. The first-order valence-electron chi connectivity index (χ1n) is 4.94. The molecule has 90 valence electrons.